The minimum absolute atomic E-state index is 0. The van der Waals surface area contributed by atoms with Gasteiger partial charge in [0.2, 0.25) is 5.91 Å². The van der Waals surface area contributed by atoms with Gasteiger partial charge in [0.05, 0.1) is 0 Å². The summed E-state index contributed by atoms with van der Waals surface area (Å²) in [7, 11) is 0. The van der Waals surface area contributed by atoms with Crippen LogP contribution in [0.15, 0.2) is 60.7 Å². The van der Waals surface area contributed by atoms with Gasteiger partial charge in [-0.3, -0.25) is 4.79 Å². The largest absolute Gasteiger partial charge is 0.352 e. The molecule has 0 aromatic heterocycles. The summed E-state index contributed by atoms with van der Waals surface area (Å²) in [6.45, 7) is 6.04. The Balaban J connectivity index is 0.00000225. The molecular weight excluding hydrogens is 332 g/mol. The van der Waals surface area contributed by atoms with E-state index in [1.165, 1.54) is 11.1 Å². The Morgan fingerprint density at radius 2 is 1.44 bits per heavy atom. The molecule has 2 atom stereocenters. The standard InChI is InChI=1S/C21H26N2O.ClH/c1-15(19-13-22-14-19)21(24)23-16(2)20(17-9-5-3-6-10-17)18-11-7-4-8-12-18;/h3-12,15-16,19-20,22H,13-14H2,1-2H3,(H,23,24);1H. The van der Waals surface area contributed by atoms with Crippen molar-refractivity contribution in [1.82, 2.24) is 10.6 Å². The molecule has 134 valence electrons. The predicted molar refractivity (Wildman–Crippen MR) is 105 cm³/mol. The number of amides is 1. The molecule has 0 radical (unpaired) electrons. The minimum atomic E-state index is 0. The summed E-state index contributed by atoms with van der Waals surface area (Å²) in [4.78, 5) is 12.6. The Kier molecular flexibility index (Phi) is 7.03. The molecule has 1 aliphatic rings. The molecule has 2 unspecified atom stereocenters. The van der Waals surface area contributed by atoms with Crippen LogP contribution < -0.4 is 10.6 Å². The Morgan fingerprint density at radius 3 is 1.84 bits per heavy atom. The molecule has 1 amide bonds. The van der Waals surface area contributed by atoms with Crippen LogP contribution in [0.1, 0.15) is 30.9 Å². The third-order valence-corrected chi connectivity index (χ3v) is 5.12. The number of carbonyl (C=O) groups excluding carboxylic acids is 1. The van der Waals surface area contributed by atoms with Gasteiger partial charge in [0.1, 0.15) is 0 Å². The fourth-order valence-electron chi connectivity index (χ4n) is 3.41. The van der Waals surface area contributed by atoms with Crippen LogP contribution in [-0.4, -0.2) is 25.0 Å². The first-order chi connectivity index (χ1) is 11.7. The molecule has 0 bridgehead atoms. The van der Waals surface area contributed by atoms with E-state index in [1.54, 1.807) is 0 Å². The van der Waals surface area contributed by atoms with Gasteiger partial charge in [-0.2, -0.15) is 0 Å². The second kappa shape index (κ2) is 9.02. The van der Waals surface area contributed by atoms with Crippen LogP contribution in [0.25, 0.3) is 0 Å². The Labute approximate surface area is 156 Å². The molecule has 3 nitrogen and oxygen atoms in total. The summed E-state index contributed by atoms with van der Waals surface area (Å²) in [5.41, 5.74) is 2.46. The SMILES string of the molecule is CC(NC(=O)C(C)C1CNC1)C(c1ccccc1)c1ccccc1.Cl. The highest BCUT2D eigenvalue weighted by molar-refractivity contribution is 5.85. The van der Waals surface area contributed by atoms with E-state index in [1.807, 2.05) is 19.1 Å². The summed E-state index contributed by atoms with van der Waals surface area (Å²) in [6.07, 6.45) is 0. The number of rotatable bonds is 6. The molecule has 3 rings (SSSR count). The molecule has 2 aromatic rings. The van der Waals surface area contributed by atoms with Gasteiger partial charge in [-0.05, 0) is 37.1 Å². The topological polar surface area (TPSA) is 41.1 Å². The number of carbonyl (C=O) groups is 1. The number of hydrogen-bond acceptors (Lipinski definition) is 2. The van der Waals surface area contributed by atoms with Gasteiger partial charge in [0.15, 0.2) is 0 Å². The predicted octanol–water partition coefficient (Wildman–Crippen LogP) is 3.60. The van der Waals surface area contributed by atoms with Crippen LogP contribution in [0.5, 0.6) is 0 Å². The molecule has 0 aliphatic carbocycles. The van der Waals surface area contributed by atoms with Crippen molar-refractivity contribution in [2.45, 2.75) is 25.8 Å². The van der Waals surface area contributed by atoms with E-state index in [9.17, 15) is 4.79 Å². The van der Waals surface area contributed by atoms with Crippen LogP contribution in [-0.2, 0) is 4.79 Å². The average Bonchev–Trinajstić information content (AvgIpc) is 2.55. The highest BCUT2D eigenvalue weighted by atomic mass is 35.5. The molecule has 0 saturated carbocycles. The Morgan fingerprint density at radius 1 is 0.960 bits per heavy atom. The summed E-state index contributed by atoms with van der Waals surface area (Å²) >= 11 is 0. The maximum absolute atomic E-state index is 12.6. The number of halogens is 1. The van der Waals surface area contributed by atoms with Gasteiger partial charge >= 0.3 is 0 Å². The van der Waals surface area contributed by atoms with Gasteiger partial charge < -0.3 is 10.6 Å². The highest BCUT2D eigenvalue weighted by Gasteiger charge is 2.31. The quantitative estimate of drug-likeness (QED) is 0.828. The molecule has 4 heteroatoms. The lowest BCUT2D eigenvalue weighted by molar-refractivity contribution is -0.127. The summed E-state index contributed by atoms with van der Waals surface area (Å²) in [5.74, 6) is 0.832. The van der Waals surface area contributed by atoms with E-state index in [2.05, 4.69) is 66.1 Å². The van der Waals surface area contributed by atoms with Crippen molar-refractivity contribution < 1.29 is 4.79 Å². The van der Waals surface area contributed by atoms with E-state index >= 15 is 0 Å². The van der Waals surface area contributed by atoms with Gasteiger partial charge in [0, 0.05) is 17.9 Å². The second-order valence-corrected chi connectivity index (χ2v) is 6.80. The summed E-state index contributed by atoms with van der Waals surface area (Å²) in [6, 6.07) is 20.9. The molecule has 2 aromatic carbocycles. The minimum Gasteiger partial charge on any atom is -0.352 e. The van der Waals surface area contributed by atoms with Crippen LogP contribution in [0, 0.1) is 11.8 Å². The van der Waals surface area contributed by atoms with Crippen LogP contribution in [0.3, 0.4) is 0 Å². The van der Waals surface area contributed by atoms with Crippen molar-refractivity contribution >= 4 is 18.3 Å². The second-order valence-electron chi connectivity index (χ2n) is 6.80. The van der Waals surface area contributed by atoms with Crippen LogP contribution in [0.2, 0.25) is 0 Å². The third-order valence-electron chi connectivity index (χ3n) is 5.12. The molecule has 0 spiro atoms. The Bertz CT molecular complexity index is 619. The van der Waals surface area contributed by atoms with Crippen molar-refractivity contribution in [3.63, 3.8) is 0 Å². The first-order valence-corrected chi connectivity index (χ1v) is 8.78. The molecule has 1 saturated heterocycles. The van der Waals surface area contributed by atoms with Crippen molar-refractivity contribution in [3.8, 4) is 0 Å². The number of benzene rings is 2. The van der Waals surface area contributed by atoms with Gasteiger partial charge in [-0.1, -0.05) is 67.6 Å². The molecular formula is C21H27ClN2O. The van der Waals surface area contributed by atoms with E-state index in [0.717, 1.165) is 13.1 Å². The Hall–Kier alpha value is -1.84. The van der Waals surface area contributed by atoms with E-state index in [4.69, 9.17) is 0 Å². The zero-order valence-electron chi connectivity index (χ0n) is 14.8. The van der Waals surface area contributed by atoms with E-state index < -0.39 is 0 Å². The van der Waals surface area contributed by atoms with Crippen LogP contribution >= 0.6 is 12.4 Å². The molecule has 1 fully saturated rings. The normalized spacial score (nSPS) is 16.4. The number of hydrogen-bond donors (Lipinski definition) is 2. The van der Waals surface area contributed by atoms with Gasteiger partial charge in [-0.15, -0.1) is 12.4 Å². The highest BCUT2D eigenvalue weighted by Crippen LogP contribution is 2.28. The number of nitrogens with one attached hydrogen (secondary N) is 2. The lowest BCUT2D eigenvalue weighted by Gasteiger charge is -2.33. The maximum atomic E-state index is 12.6. The summed E-state index contributed by atoms with van der Waals surface area (Å²) in [5, 5.41) is 6.50. The van der Waals surface area contributed by atoms with Crippen molar-refractivity contribution in [3.05, 3.63) is 71.8 Å². The van der Waals surface area contributed by atoms with Crippen molar-refractivity contribution in [2.75, 3.05) is 13.1 Å². The zero-order valence-corrected chi connectivity index (χ0v) is 15.6. The lowest BCUT2D eigenvalue weighted by atomic mass is 9.84. The summed E-state index contributed by atoms with van der Waals surface area (Å²) < 4.78 is 0. The average molecular weight is 359 g/mol. The van der Waals surface area contributed by atoms with Gasteiger partial charge in [-0.25, -0.2) is 0 Å². The zero-order chi connectivity index (χ0) is 16.9. The van der Waals surface area contributed by atoms with Crippen molar-refractivity contribution in [1.29, 1.82) is 0 Å². The fourth-order valence-corrected chi connectivity index (χ4v) is 3.41. The molecule has 2 N–H and O–H groups in total. The van der Waals surface area contributed by atoms with Crippen molar-refractivity contribution in [2.24, 2.45) is 11.8 Å². The monoisotopic (exact) mass is 358 g/mol. The first kappa shape index (κ1) is 19.5. The first-order valence-electron chi connectivity index (χ1n) is 8.78. The molecule has 25 heavy (non-hydrogen) atoms. The fraction of sp³-hybridized carbons (Fsp3) is 0.381. The van der Waals surface area contributed by atoms with E-state index in [0.29, 0.717) is 5.92 Å². The smallest absolute Gasteiger partial charge is 0.223 e. The molecule has 1 aliphatic heterocycles. The molecule has 1 heterocycles. The van der Waals surface area contributed by atoms with E-state index in [-0.39, 0.29) is 36.2 Å². The van der Waals surface area contributed by atoms with Crippen LogP contribution in [0.4, 0.5) is 0 Å². The maximum Gasteiger partial charge on any atom is 0.223 e. The lowest BCUT2D eigenvalue weighted by Crippen LogP contribution is -2.51. The third kappa shape index (κ3) is 4.62. The van der Waals surface area contributed by atoms with Gasteiger partial charge in [0.25, 0.3) is 0 Å².